The van der Waals surface area contributed by atoms with Crippen LogP contribution in [0.3, 0.4) is 0 Å². The van der Waals surface area contributed by atoms with Crippen molar-refractivity contribution in [3.8, 4) is 17.2 Å². The van der Waals surface area contributed by atoms with Crippen molar-refractivity contribution >= 4 is 30.1 Å². The number of hydrogen-bond acceptors (Lipinski definition) is 3. The summed E-state index contributed by atoms with van der Waals surface area (Å²) in [5, 5.41) is 4.69. The molecule has 0 spiro atoms. The summed E-state index contributed by atoms with van der Waals surface area (Å²) in [7, 11) is -1.86. The minimum Gasteiger partial charge on any atom is -0.409 e. The Bertz CT molecular complexity index is 1840. The fourth-order valence-electron chi connectivity index (χ4n) is 5.66. The van der Waals surface area contributed by atoms with Crippen molar-refractivity contribution in [2.45, 2.75) is 105 Å². The molecule has 0 amide bonds. The molecule has 46 heavy (non-hydrogen) atoms. The second kappa shape index (κ2) is 12.2. The first-order chi connectivity index (χ1) is 21.3. The van der Waals surface area contributed by atoms with Crippen LogP contribution in [-0.2, 0) is 21.7 Å². The summed E-state index contributed by atoms with van der Waals surface area (Å²) in [4.78, 5) is 0. The van der Waals surface area contributed by atoms with Gasteiger partial charge in [-0.25, -0.2) is 0 Å². The topological polar surface area (TPSA) is 27.7 Å². The minimum absolute atomic E-state index is 0.0314. The van der Waals surface area contributed by atoms with Crippen molar-refractivity contribution in [2.24, 2.45) is 0 Å². The highest BCUT2D eigenvalue weighted by atomic mass is 31.2. The standard InChI is InChI=1S/C42H51O3P/c1-39(2,3)31-18-21-33(22-19-31)43-46(44-34-20-17-28-15-13-14-16-29(28)24-34)45-38-27-35-30(25-37(38)42(10,11)12)23-32(40(4,5)6)26-36(35)41(7,8)9/h13-27H,1-12H3. The average molecular weight is 635 g/mol. The van der Waals surface area contributed by atoms with E-state index in [-0.39, 0.29) is 21.7 Å². The van der Waals surface area contributed by atoms with Crippen LogP contribution in [0.5, 0.6) is 17.2 Å². The van der Waals surface area contributed by atoms with Gasteiger partial charge in [0.25, 0.3) is 0 Å². The summed E-state index contributed by atoms with van der Waals surface area (Å²) in [5.41, 5.74) is 4.84. The molecule has 0 heterocycles. The van der Waals surface area contributed by atoms with Crippen LogP contribution in [0.4, 0.5) is 0 Å². The van der Waals surface area contributed by atoms with E-state index in [1.54, 1.807) is 0 Å². The van der Waals surface area contributed by atoms with Crippen molar-refractivity contribution in [3.05, 3.63) is 113 Å². The Morgan fingerprint density at radius 1 is 0.413 bits per heavy atom. The van der Waals surface area contributed by atoms with Crippen LogP contribution in [-0.4, -0.2) is 0 Å². The molecule has 1 unspecified atom stereocenters. The van der Waals surface area contributed by atoms with E-state index in [0.717, 1.165) is 22.1 Å². The monoisotopic (exact) mass is 634 g/mol. The fourth-order valence-corrected chi connectivity index (χ4v) is 6.66. The summed E-state index contributed by atoms with van der Waals surface area (Å²) in [6.45, 7) is 27.0. The Balaban J connectivity index is 1.63. The fraction of sp³-hybridized carbons (Fsp3) is 0.381. The number of hydrogen-bond donors (Lipinski definition) is 0. The van der Waals surface area contributed by atoms with Gasteiger partial charge in [-0.15, -0.1) is 0 Å². The van der Waals surface area contributed by atoms with Gasteiger partial charge in [0.2, 0.25) is 0 Å². The second-order valence-electron chi connectivity index (χ2n) is 16.6. The van der Waals surface area contributed by atoms with E-state index in [4.69, 9.17) is 13.6 Å². The lowest BCUT2D eigenvalue weighted by atomic mass is 9.76. The molecule has 1 atom stereocenters. The molecule has 3 nitrogen and oxygen atoms in total. The molecule has 0 bridgehead atoms. The SMILES string of the molecule is CC(C)(C)c1ccc(OP(Oc2ccc3ccccc3c2)Oc2cc3c(C(C)(C)C)cc(C(C)(C)C)cc3cc2C(C)(C)C)cc1. The third kappa shape index (κ3) is 7.69. The Hall–Kier alpha value is -3.55. The maximum absolute atomic E-state index is 6.88. The molecular weight excluding hydrogens is 583 g/mol. The highest BCUT2D eigenvalue weighted by Gasteiger charge is 2.29. The molecule has 5 aromatic rings. The molecule has 0 aliphatic heterocycles. The lowest BCUT2D eigenvalue weighted by molar-refractivity contribution is 0.383. The van der Waals surface area contributed by atoms with E-state index >= 15 is 0 Å². The van der Waals surface area contributed by atoms with E-state index in [2.05, 4.69) is 144 Å². The van der Waals surface area contributed by atoms with E-state index in [1.165, 1.54) is 27.5 Å². The summed E-state index contributed by atoms with van der Waals surface area (Å²) in [5.74, 6) is 2.20. The molecule has 0 aliphatic carbocycles. The predicted octanol–water partition coefficient (Wildman–Crippen LogP) is 12.9. The van der Waals surface area contributed by atoms with Crippen LogP contribution in [0.2, 0.25) is 0 Å². The Morgan fingerprint density at radius 2 is 0.978 bits per heavy atom. The molecule has 0 saturated heterocycles. The third-order valence-corrected chi connectivity index (χ3v) is 9.57. The second-order valence-corrected chi connectivity index (χ2v) is 17.6. The molecule has 5 rings (SSSR count). The zero-order valence-corrected chi connectivity index (χ0v) is 30.7. The lowest BCUT2D eigenvalue weighted by Crippen LogP contribution is -2.18. The Kier molecular flexibility index (Phi) is 8.99. The van der Waals surface area contributed by atoms with Crippen molar-refractivity contribution in [2.75, 3.05) is 0 Å². The summed E-state index contributed by atoms with van der Waals surface area (Å²) >= 11 is 0. The molecule has 0 N–H and O–H groups in total. The predicted molar refractivity (Wildman–Crippen MR) is 198 cm³/mol. The van der Waals surface area contributed by atoms with Gasteiger partial charge in [0.1, 0.15) is 17.2 Å². The number of benzene rings is 5. The van der Waals surface area contributed by atoms with Crippen LogP contribution in [0, 0.1) is 0 Å². The zero-order chi connectivity index (χ0) is 33.7. The molecule has 0 aromatic heterocycles. The first-order valence-electron chi connectivity index (χ1n) is 16.4. The largest absolute Gasteiger partial charge is 0.530 e. The molecular formula is C42H51O3P. The molecule has 242 valence electrons. The smallest absolute Gasteiger partial charge is 0.409 e. The molecule has 4 heteroatoms. The minimum atomic E-state index is -1.86. The summed E-state index contributed by atoms with van der Waals surface area (Å²) in [6.07, 6.45) is 0. The number of fused-ring (bicyclic) bond motifs is 2. The highest BCUT2D eigenvalue weighted by molar-refractivity contribution is 7.43. The quantitative estimate of drug-likeness (QED) is 0.174. The van der Waals surface area contributed by atoms with Gasteiger partial charge < -0.3 is 13.6 Å². The van der Waals surface area contributed by atoms with Crippen molar-refractivity contribution in [3.63, 3.8) is 0 Å². The molecule has 5 aromatic carbocycles. The van der Waals surface area contributed by atoms with Crippen LogP contribution in [0.15, 0.2) is 91.0 Å². The summed E-state index contributed by atoms with van der Waals surface area (Å²) in [6, 6.07) is 32.0. The van der Waals surface area contributed by atoms with Crippen LogP contribution in [0.25, 0.3) is 21.5 Å². The van der Waals surface area contributed by atoms with Crippen molar-refractivity contribution < 1.29 is 13.6 Å². The molecule has 0 fully saturated rings. The van der Waals surface area contributed by atoms with Gasteiger partial charge in [-0.3, -0.25) is 0 Å². The van der Waals surface area contributed by atoms with Crippen LogP contribution >= 0.6 is 8.60 Å². The van der Waals surface area contributed by atoms with E-state index in [9.17, 15) is 0 Å². The highest BCUT2D eigenvalue weighted by Crippen LogP contribution is 2.48. The van der Waals surface area contributed by atoms with Crippen LogP contribution < -0.4 is 13.6 Å². The summed E-state index contributed by atoms with van der Waals surface area (Å²) < 4.78 is 20.0. The van der Waals surface area contributed by atoms with Gasteiger partial charge in [0.05, 0.1) is 0 Å². The van der Waals surface area contributed by atoms with Gasteiger partial charge >= 0.3 is 8.60 Å². The normalized spacial score (nSPS) is 13.6. The van der Waals surface area contributed by atoms with Crippen molar-refractivity contribution in [1.82, 2.24) is 0 Å². The van der Waals surface area contributed by atoms with E-state index in [0.29, 0.717) is 11.5 Å². The Labute approximate surface area is 278 Å². The maximum Gasteiger partial charge on any atom is 0.530 e. The molecule has 0 aliphatic rings. The first kappa shape index (κ1) is 33.8. The molecule has 0 saturated carbocycles. The van der Waals surface area contributed by atoms with E-state index in [1.807, 2.05) is 30.3 Å². The van der Waals surface area contributed by atoms with E-state index < -0.39 is 8.60 Å². The van der Waals surface area contributed by atoms with Gasteiger partial charge in [0.15, 0.2) is 0 Å². The van der Waals surface area contributed by atoms with Crippen LogP contribution in [0.1, 0.15) is 105 Å². The van der Waals surface area contributed by atoms with Gasteiger partial charge in [-0.2, -0.15) is 0 Å². The maximum atomic E-state index is 6.88. The number of rotatable bonds is 6. The molecule has 0 radical (unpaired) electrons. The van der Waals surface area contributed by atoms with Gasteiger partial charge in [-0.05, 0) is 96.3 Å². The zero-order valence-electron chi connectivity index (χ0n) is 29.8. The Morgan fingerprint density at radius 3 is 1.57 bits per heavy atom. The third-order valence-electron chi connectivity index (χ3n) is 8.51. The lowest BCUT2D eigenvalue weighted by Gasteiger charge is -2.29. The van der Waals surface area contributed by atoms with Gasteiger partial charge in [-0.1, -0.05) is 138 Å². The van der Waals surface area contributed by atoms with Crippen molar-refractivity contribution in [1.29, 1.82) is 0 Å². The first-order valence-corrected chi connectivity index (χ1v) is 17.5. The average Bonchev–Trinajstić information content (AvgIpc) is 2.94. The van der Waals surface area contributed by atoms with Gasteiger partial charge in [0, 0.05) is 5.56 Å².